The van der Waals surface area contributed by atoms with Crippen LogP contribution in [0, 0.1) is 17.0 Å². The highest BCUT2D eigenvalue weighted by Crippen LogP contribution is 2.28. The Morgan fingerprint density at radius 1 is 1.24 bits per heavy atom. The lowest BCUT2D eigenvalue weighted by molar-refractivity contribution is 0.0524. The monoisotopic (exact) mass is 465 g/mol. The van der Waals surface area contributed by atoms with Crippen LogP contribution >= 0.6 is 11.6 Å². The minimum atomic E-state index is -0.739. The van der Waals surface area contributed by atoms with Crippen molar-refractivity contribution in [1.82, 2.24) is 4.57 Å². The lowest BCUT2D eigenvalue weighted by Crippen LogP contribution is -2.37. The summed E-state index contributed by atoms with van der Waals surface area (Å²) in [6, 6.07) is 10.1. The van der Waals surface area contributed by atoms with Gasteiger partial charge in [0.15, 0.2) is 0 Å². The van der Waals surface area contributed by atoms with Crippen molar-refractivity contribution in [3.63, 3.8) is 0 Å². The molecule has 0 amide bonds. The predicted molar refractivity (Wildman–Crippen MR) is 128 cm³/mol. The van der Waals surface area contributed by atoms with Crippen LogP contribution in [0.3, 0.4) is 0 Å². The lowest BCUT2D eigenvalue weighted by Gasteiger charge is -2.30. The molecule has 3 aromatic rings. The van der Waals surface area contributed by atoms with Gasteiger partial charge in [-0.15, -0.1) is 0 Å². The summed E-state index contributed by atoms with van der Waals surface area (Å²) < 4.78 is 22.0. The number of anilines is 1. The van der Waals surface area contributed by atoms with Crippen molar-refractivity contribution < 1.29 is 13.9 Å². The number of rotatable bonds is 5. The molecule has 0 saturated carbocycles. The minimum absolute atomic E-state index is 0.0278. The first-order valence-electron chi connectivity index (χ1n) is 10.8. The number of halogens is 2. The second-order valence-electron chi connectivity index (χ2n) is 8.06. The number of hydrogen-bond donors (Lipinski definition) is 0. The molecule has 1 aliphatic rings. The average Bonchev–Trinajstić information content (AvgIpc) is 2.82. The third-order valence-corrected chi connectivity index (χ3v) is 6.18. The molecule has 4 rings (SSSR count). The average molecular weight is 466 g/mol. The topological polar surface area (TPSA) is 75.3 Å². The number of nitrogens with zero attached hydrogens (tertiary/aromatic N) is 3. The van der Waals surface area contributed by atoms with E-state index in [1.807, 2.05) is 17.0 Å². The molecule has 33 heavy (non-hydrogen) atoms. The standard InChI is InChI=1S/C24H22BClFN3O3/c1-2-33-24(32)19-14-30(13-16-3-5-17(26)6-4-16)21-12-22(20(27)11-18(21)23(19)31)29-9-7-25(15-28)8-10-29/h3-6,11-12,14H,2,7-10,13H2,1H3. The van der Waals surface area contributed by atoms with E-state index in [1.165, 1.54) is 12.3 Å². The normalized spacial score (nSPS) is 13.8. The molecule has 0 atom stereocenters. The Bertz CT molecular complexity index is 1300. The molecule has 2 heterocycles. The number of benzene rings is 2. The van der Waals surface area contributed by atoms with Crippen molar-refractivity contribution in [2.45, 2.75) is 26.1 Å². The SMILES string of the molecule is CCOC(=O)c1cn(Cc2ccc(Cl)cc2)c2cc(N3CCB(C#N)CC3)c(F)cc2c1=O. The van der Waals surface area contributed by atoms with Crippen LogP contribution < -0.4 is 10.3 Å². The quantitative estimate of drug-likeness (QED) is 0.412. The van der Waals surface area contributed by atoms with Gasteiger partial charge in [0, 0.05) is 42.2 Å². The number of aromatic nitrogens is 1. The van der Waals surface area contributed by atoms with Gasteiger partial charge in [0.25, 0.3) is 6.71 Å². The van der Waals surface area contributed by atoms with E-state index >= 15 is 4.39 Å². The van der Waals surface area contributed by atoms with Crippen LogP contribution in [0.4, 0.5) is 10.1 Å². The Morgan fingerprint density at radius 2 is 1.94 bits per heavy atom. The van der Waals surface area contributed by atoms with Gasteiger partial charge in [0.2, 0.25) is 5.43 Å². The summed E-state index contributed by atoms with van der Waals surface area (Å²) in [6.45, 7) is 3.22. The van der Waals surface area contributed by atoms with E-state index in [0.717, 1.165) is 5.56 Å². The van der Waals surface area contributed by atoms with Gasteiger partial charge in [-0.05, 0) is 49.4 Å². The van der Waals surface area contributed by atoms with E-state index in [-0.39, 0.29) is 24.3 Å². The van der Waals surface area contributed by atoms with Gasteiger partial charge >= 0.3 is 5.97 Å². The lowest BCUT2D eigenvalue weighted by atomic mass is 9.45. The number of fused-ring (bicyclic) bond motifs is 1. The summed E-state index contributed by atoms with van der Waals surface area (Å²) in [5.74, 6) is 1.00. The number of esters is 1. The molecule has 1 aliphatic heterocycles. The van der Waals surface area contributed by atoms with Gasteiger partial charge < -0.3 is 14.2 Å². The van der Waals surface area contributed by atoms with E-state index in [0.29, 0.717) is 48.5 Å². The molecule has 0 bridgehead atoms. The fourth-order valence-electron chi connectivity index (χ4n) is 4.16. The van der Waals surface area contributed by atoms with Crippen LogP contribution in [-0.4, -0.2) is 36.9 Å². The van der Waals surface area contributed by atoms with E-state index in [4.69, 9.17) is 21.6 Å². The van der Waals surface area contributed by atoms with Gasteiger partial charge in [-0.1, -0.05) is 23.7 Å². The van der Waals surface area contributed by atoms with Crippen LogP contribution in [-0.2, 0) is 11.3 Å². The number of hydrogen-bond acceptors (Lipinski definition) is 5. The maximum Gasteiger partial charge on any atom is 0.343 e. The summed E-state index contributed by atoms with van der Waals surface area (Å²) in [5.41, 5.74) is 1.10. The van der Waals surface area contributed by atoms with Gasteiger partial charge in [-0.2, -0.15) is 0 Å². The van der Waals surface area contributed by atoms with Crippen molar-refractivity contribution in [3.05, 3.63) is 74.8 Å². The molecule has 2 aromatic carbocycles. The molecule has 1 fully saturated rings. The number of carbonyl (C=O) groups excluding carboxylic acids is 1. The Balaban J connectivity index is 1.85. The van der Waals surface area contributed by atoms with Gasteiger partial charge in [0.1, 0.15) is 11.4 Å². The van der Waals surface area contributed by atoms with Gasteiger partial charge in [-0.25, -0.2) is 14.4 Å². The second-order valence-corrected chi connectivity index (χ2v) is 8.49. The van der Waals surface area contributed by atoms with Crippen LogP contribution in [0.2, 0.25) is 17.7 Å². The first-order chi connectivity index (χ1) is 15.9. The largest absolute Gasteiger partial charge is 0.462 e. The molecule has 1 aromatic heterocycles. The van der Waals surface area contributed by atoms with E-state index < -0.39 is 17.2 Å². The Morgan fingerprint density at radius 3 is 2.58 bits per heavy atom. The zero-order valence-electron chi connectivity index (χ0n) is 18.2. The van der Waals surface area contributed by atoms with Crippen LogP contribution in [0.25, 0.3) is 10.9 Å². The van der Waals surface area contributed by atoms with Crippen molar-refractivity contribution in [2.75, 3.05) is 24.6 Å². The zero-order valence-corrected chi connectivity index (χ0v) is 18.9. The number of carbonyl (C=O) groups is 1. The summed E-state index contributed by atoms with van der Waals surface area (Å²) in [5, 5.41) is 9.86. The van der Waals surface area contributed by atoms with E-state index in [9.17, 15) is 9.59 Å². The fourth-order valence-corrected chi connectivity index (χ4v) is 4.29. The van der Waals surface area contributed by atoms with Crippen molar-refractivity contribution in [2.24, 2.45) is 0 Å². The first-order valence-corrected chi connectivity index (χ1v) is 11.2. The molecule has 0 radical (unpaired) electrons. The molecule has 168 valence electrons. The molecule has 6 nitrogen and oxygen atoms in total. The molecule has 9 heteroatoms. The Labute approximate surface area is 196 Å². The predicted octanol–water partition coefficient (Wildman–Crippen LogP) is 4.40. The summed E-state index contributed by atoms with van der Waals surface area (Å²) in [4.78, 5) is 27.4. The first kappa shape index (κ1) is 22.9. The minimum Gasteiger partial charge on any atom is -0.462 e. The van der Waals surface area contributed by atoms with Crippen molar-refractivity contribution >= 4 is 40.9 Å². The maximum atomic E-state index is 15.2. The molecule has 0 unspecified atom stereocenters. The number of pyridine rings is 1. The molecule has 1 saturated heterocycles. The third-order valence-electron chi connectivity index (χ3n) is 5.93. The second kappa shape index (κ2) is 9.68. The zero-order chi connectivity index (χ0) is 23.5. The maximum absolute atomic E-state index is 15.2. The third kappa shape index (κ3) is 4.74. The smallest absolute Gasteiger partial charge is 0.343 e. The molecular weight excluding hydrogens is 444 g/mol. The van der Waals surface area contributed by atoms with Gasteiger partial charge in [0.05, 0.1) is 17.8 Å². The van der Waals surface area contributed by atoms with Crippen LogP contribution in [0.15, 0.2) is 47.4 Å². The molecule has 0 spiro atoms. The highest BCUT2D eigenvalue weighted by Gasteiger charge is 2.26. The number of ether oxygens (including phenoxy) is 1. The van der Waals surface area contributed by atoms with E-state index in [1.54, 1.807) is 29.7 Å². The fraction of sp³-hybridized carbons (Fsp3) is 0.292. The highest BCUT2D eigenvalue weighted by atomic mass is 35.5. The summed E-state index contributed by atoms with van der Waals surface area (Å²) in [6.07, 6.45) is 2.79. The summed E-state index contributed by atoms with van der Waals surface area (Å²) in [7, 11) is 0. The Hall–Kier alpha value is -3.31. The molecular formula is C24H22BClFN3O3. The van der Waals surface area contributed by atoms with Crippen LogP contribution in [0.1, 0.15) is 22.8 Å². The van der Waals surface area contributed by atoms with Gasteiger partial charge in [-0.3, -0.25) is 4.79 Å². The number of nitriles is 1. The summed E-state index contributed by atoms with van der Waals surface area (Å²) >= 11 is 6.00. The highest BCUT2D eigenvalue weighted by molar-refractivity contribution is 6.67. The molecule has 0 aliphatic carbocycles. The molecule has 0 N–H and O–H groups in total. The van der Waals surface area contributed by atoms with Crippen molar-refractivity contribution in [3.8, 4) is 5.97 Å². The van der Waals surface area contributed by atoms with Crippen LogP contribution in [0.5, 0.6) is 0 Å². The van der Waals surface area contributed by atoms with E-state index in [2.05, 4.69) is 5.97 Å². The Kier molecular flexibility index (Phi) is 6.71. The van der Waals surface area contributed by atoms with Crippen molar-refractivity contribution in [1.29, 1.82) is 5.26 Å².